The van der Waals surface area contributed by atoms with E-state index >= 15 is 0 Å². The molecule has 1 N–H and O–H groups in total. The van der Waals surface area contributed by atoms with Crippen LogP contribution in [-0.4, -0.2) is 13.7 Å². The number of aryl methyl sites for hydroxylation is 1. The van der Waals surface area contributed by atoms with Gasteiger partial charge in [-0.2, -0.15) is 0 Å². The third-order valence-electron chi connectivity index (χ3n) is 3.11. The lowest BCUT2D eigenvalue weighted by atomic mass is 10.1. The first-order valence-electron chi connectivity index (χ1n) is 6.90. The van der Waals surface area contributed by atoms with Crippen molar-refractivity contribution in [2.45, 2.75) is 19.4 Å². The molecule has 0 radical (unpaired) electrons. The Balaban J connectivity index is 1.87. The Bertz CT molecular complexity index is 528. The highest BCUT2D eigenvalue weighted by Gasteiger charge is 2.08. The molecule has 2 aromatic carbocycles. The van der Waals surface area contributed by atoms with E-state index in [1.807, 2.05) is 31.3 Å². The number of para-hydroxylation sites is 1. The summed E-state index contributed by atoms with van der Waals surface area (Å²) >= 11 is 0. The van der Waals surface area contributed by atoms with Crippen molar-refractivity contribution in [1.29, 1.82) is 0 Å². The van der Waals surface area contributed by atoms with Crippen molar-refractivity contribution in [3.8, 4) is 5.75 Å². The molecule has 0 amide bonds. The molecule has 106 valence electrons. The van der Waals surface area contributed by atoms with Gasteiger partial charge >= 0.3 is 0 Å². The zero-order valence-electron chi connectivity index (χ0n) is 11.7. The second-order valence-corrected chi connectivity index (χ2v) is 4.70. The van der Waals surface area contributed by atoms with Crippen LogP contribution in [0.1, 0.15) is 17.5 Å². The molecule has 2 nitrogen and oxygen atoms in total. The first kappa shape index (κ1) is 14.5. The molecule has 0 unspecified atom stereocenters. The van der Waals surface area contributed by atoms with Crippen LogP contribution >= 0.6 is 0 Å². The summed E-state index contributed by atoms with van der Waals surface area (Å²) in [5, 5.41) is 3.02. The molecule has 0 heterocycles. The minimum absolute atomic E-state index is 0.294. The lowest BCUT2D eigenvalue weighted by Crippen LogP contribution is -2.09. The average molecular weight is 273 g/mol. The van der Waals surface area contributed by atoms with Crippen molar-refractivity contribution >= 4 is 0 Å². The quantitative estimate of drug-likeness (QED) is 0.779. The first-order valence-corrected chi connectivity index (χ1v) is 6.90. The van der Waals surface area contributed by atoms with E-state index in [-0.39, 0.29) is 5.82 Å². The van der Waals surface area contributed by atoms with Gasteiger partial charge in [0.2, 0.25) is 0 Å². The fourth-order valence-electron chi connectivity index (χ4n) is 2.14. The van der Waals surface area contributed by atoms with E-state index in [1.165, 1.54) is 11.6 Å². The Kier molecular flexibility index (Phi) is 5.56. The van der Waals surface area contributed by atoms with Crippen LogP contribution in [0.4, 0.5) is 4.39 Å². The molecular formula is C17H20FNO. The predicted octanol–water partition coefficient (Wildman–Crippen LogP) is 3.56. The van der Waals surface area contributed by atoms with Crippen LogP contribution in [0, 0.1) is 5.82 Å². The molecule has 0 aliphatic carbocycles. The third-order valence-corrected chi connectivity index (χ3v) is 3.11. The van der Waals surface area contributed by atoms with Gasteiger partial charge in [0.05, 0.1) is 6.61 Å². The Labute approximate surface area is 119 Å². The molecule has 0 aliphatic heterocycles. The maximum atomic E-state index is 13.8. The summed E-state index contributed by atoms with van der Waals surface area (Å²) in [5.74, 6) is 0.0763. The van der Waals surface area contributed by atoms with Crippen LogP contribution in [0.25, 0.3) is 0 Å². The van der Waals surface area contributed by atoms with Gasteiger partial charge in [-0.1, -0.05) is 42.5 Å². The highest BCUT2D eigenvalue weighted by molar-refractivity contribution is 5.34. The molecule has 0 atom stereocenters. The number of hydrogen-bond acceptors (Lipinski definition) is 2. The lowest BCUT2D eigenvalue weighted by Gasteiger charge is -2.12. The van der Waals surface area contributed by atoms with E-state index in [1.54, 1.807) is 6.07 Å². The van der Waals surface area contributed by atoms with Crippen LogP contribution < -0.4 is 10.1 Å². The first-order chi connectivity index (χ1) is 9.81. The summed E-state index contributed by atoms with van der Waals surface area (Å²) in [4.78, 5) is 0. The van der Waals surface area contributed by atoms with E-state index < -0.39 is 0 Å². The molecule has 0 bridgehead atoms. The molecule has 0 spiro atoms. The fraction of sp³-hybridized carbons (Fsp3) is 0.294. The summed E-state index contributed by atoms with van der Waals surface area (Å²) in [5.41, 5.74) is 2.13. The van der Waals surface area contributed by atoms with Gasteiger partial charge in [0.25, 0.3) is 0 Å². The van der Waals surface area contributed by atoms with E-state index in [0.717, 1.165) is 18.4 Å². The molecule has 0 saturated heterocycles. The summed E-state index contributed by atoms with van der Waals surface area (Å²) in [6.45, 7) is 1.12. The van der Waals surface area contributed by atoms with Gasteiger partial charge < -0.3 is 10.1 Å². The minimum Gasteiger partial charge on any atom is -0.490 e. The highest BCUT2D eigenvalue weighted by Crippen LogP contribution is 2.22. The van der Waals surface area contributed by atoms with Crippen LogP contribution in [-0.2, 0) is 13.0 Å². The van der Waals surface area contributed by atoms with Crippen LogP contribution in [0.3, 0.4) is 0 Å². The average Bonchev–Trinajstić information content (AvgIpc) is 2.47. The Morgan fingerprint density at radius 3 is 2.60 bits per heavy atom. The molecule has 0 aromatic heterocycles. The van der Waals surface area contributed by atoms with Crippen LogP contribution in [0.15, 0.2) is 48.5 Å². The zero-order chi connectivity index (χ0) is 14.2. The summed E-state index contributed by atoms with van der Waals surface area (Å²) in [7, 11) is 1.84. The number of halogens is 1. The number of hydrogen-bond donors (Lipinski definition) is 1. The Hall–Kier alpha value is -1.87. The molecule has 2 aromatic rings. The largest absolute Gasteiger partial charge is 0.490 e. The molecule has 0 fully saturated rings. The number of ether oxygens (including phenoxy) is 1. The molecule has 0 aliphatic rings. The highest BCUT2D eigenvalue weighted by atomic mass is 19.1. The molecular weight excluding hydrogens is 253 g/mol. The maximum Gasteiger partial charge on any atom is 0.165 e. The summed E-state index contributed by atoms with van der Waals surface area (Å²) < 4.78 is 19.4. The van der Waals surface area contributed by atoms with Gasteiger partial charge in [0.15, 0.2) is 11.6 Å². The Morgan fingerprint density at radius 1 is 1.05 bits per heavy atom. The van der Waals surface area contributed by atoms with Gasteiger partial charge in [-0.15, -0.1) is 0 Å². The summed E-state index contributed by atoms with van der Waals surface area (Å²) in [6, 6.07) is 15.3. The zero-order valence-corrected chi connectivity index (χ0v) is 11.7. The van der Waals surface area contributed by atoms with Gasteiger partial charge in [0.1, 0.15) is 0 Å². The SMILES string of the molecule is CNCc1cccc(F)c1OCCCc1ccccc1. The van der Waals surface area contributed by atoms with Gasteiger partial charge in [-0.3, -0.25) is 0 Å². The number of rotatable bonds is 7. The number of benzene rings is 2. The van der Waals surface area contributed by atoms with Crippen molar-refractivity contribution in [2.24, 2.45) is 0 Å². The molecule has 3 heteroatoms. The fourth-order valence-corrected chi connectivity index (χ4v) is 2.14. The van der Waals surface area contributed by atoms with Crippen molar-refractivity contribution < 1.29 is 9.13 Å². The second kappa shape index (κ2) is 7.65. The van der Waals surface area contributed by atoms with E-state index in [4.69, 9.17) is 4.74 Å². The second-order valence-electron chi connectivity index (χ2n) is 4.70. The predicted molar refractivity (Wildman–Crippen MR) is 79.4 cm³/mol. The van der Waals surface area contributed by atoms with Crippen LogP contribution in [0.5, 0.6) is 5.75 Å². The molecule has 0 saturated carbocycles. The third kappa shape index (κ3) is 4.07. The van der Waals surface area contributed by atoms with Crippen molar-refractivity contribution in [3.63, 3.8) is 0 Å². The van der Waals surface area contributed by atoms with E-state index in [2.05, 4.69) is 17.4 Å². The van der Waals surface area contributed by atoms with Crippen molar-refractivity contribution in [3.05, 3.63) is 65.5 Å². The standard InChI is InChI=1S/C17H20FNO/c1-19-13-15-10-5-11-16(18)17(15)20-12-6-9-14-7-3-2-4-8-14/h2-5,7-8,10-11,19H,6,9,12-13H2,1H3. The topological polar surface area (TPSA) is 21.3 Å². The lowest BCUT2D eigenvalue weighted by molar-refractivity contribution is 0.292. The maximum absolute atomic E-state index is 13.8. The minimum atomic E-state index is -0.294. The monoisotopic (exact) mass is 273 g/mol. The molecule has 20 heavy (non-hydrogen) atoms. The Morgan fingerprint density at radius 2 is 1.85 bits per heavy atom. The van der Waals surface area contributed by atoms with E-state index in [9.17, 15) is 4.39 Å². The van der Waals surface area contributed by atoms with Crippen molar-refractivity contribution in [1.82, 2.24) is 5.32 Å². The smallest absolute Gasteiger partial charge is 0.165 e. The van der Waals surface area contributed by atoms with Crippen LogP contribution in [0.2, 0.25) is 0 Å². The van der Waals surface area contributed by atoms with Gasteiger partial charge in [-0.25, -0.2) is 4.39 Å². The summed E-state index contributed by atoms with van der Waals surface area (Å²) in [6.07, 6.45) is 1.81. The van der Waals surface area contributed by atoms with Gasteiger partial charge in [0, 0.05) is 12.1 Å². The normalized spacial score (nSPS) is 10.5. The van der Waals surface area contributed by atoms with Gasteiger partial charge in [-0.05, 0) is 31.5 Å². The number of nitrogens with one attached hydrogen (secondary N) is 1. The molecule has 2 rings (SSSR count). The van der Waals surface area contributed by atoms with E-state index in [0.29, 0.717) is 18.9 Å². The van der Waals surface area contributed by atoms with Crippen molar-refractivity contribution in [2.75, 3.05) is 13.7 Å².